The summed E-state index contributed by atoms with van der Waals surface area (Å²) in [6, 6.07) is 14.0. The molecule has 0 aliphatic heterocycles. The molecular weight excluding hydrogens is 502 g/mol. The quantitative estimate of drug-likeness (QED) is 0.306. The first kappa shape index (κ1) is 30.3. The highest BCUT2D eigenvalue weighted by Crippen LogP contribution is 2.26. The lowest BCUT2D eigenvalue weighted by Crippen LogP contribution is -2.51. The topological polar surface area (TPSA) is 97.0 Å². The Bertz CT molecular complexity index is 1170. The molecule has 3 amide bonds. The van der Waals surface area contributed by atoms with Crippen LogP contribution in [0.25, 0.3) is 6.08 Å². The molecule has 0 heterocycles. The van der Waals surface area contributed by atoms with E-state index in [1.807, 2.05) is 12.3 Å². The summed E-state index contributed by atoms with van der Waals surface area (Å²) >= 11 is 1.51. The lowest BCUT2D eigenvalue weighted by Gasteiger charge is -2.30. The molecular formula is C29H35N3O5S. The number of anilines is 1. The molecule has 2 aromatic carbocycles. The van der Waals surface area contributed by atoms with E-state index in [4.69, 9.17) is 15.9 Å². The Morgan fingerprint density at radius 3 is 2.42 bits per heavy atom. The van der Waals surface area contributed by atoms with Crippen LogP contribution in [0.1, 0.15) is 44.4 Å². The molecule has 0 spiro atoms. The Morgan fingerprint density at radius 2 is 1.87 bits per heavy atom. The van der Waals surface area contributed by atoms with Crippen molar-refractivity contribution in [2.24, 2.45) is 0 Å². The van der Waals surface area contributed by atoms with Crippen LogP contribution >= 0.6 is 11.8 Å². The van der Waals surface area contributed by atoms with Crippen molar-refractivity contribution in [3.8, 4) is 18.2 Å². The van der Waals surface area contributed by atoms with Gasteiger partial charge in [0.25, 0.3) is 11.8 Å². The minimum absolute atomic E-state index is 0.289. The summed E-state index contributed by atoms with van der Waals surface area (Å²) < 4.78 is 10.5. The number of alkyl carbamates (subject to hydrolysis) is 1. The van der Waals surface area contributed by atoms with E-state index in [0.717, 1.165) is 10.5 Å². The van der Waals surface area contributed by atoms with Crippen LogP contribution in [0.3, 0.4) is 0 Å². The summed E-state index contributed by atoms with van der Waals surface area (Å²) in [5.74, 6) is 0.0672. The molecule has 202 valence electrons. The number of ether oxygens (including phenoxy) is 2. The van der Waals surface area contributed by atoms with Gasteiger partial charge in [-0.2, -0.15) is 11.8 Å². The number of amides is 3. The minimum Gasteiger partial charge on any atom is -0.497 e. The average Bonchev–Trinajstić information content (AvgIpc) is 2.88. The highest BCUT2D eigenvalue weighted by atomic mass is 32.2. The van der Waals surface area contributed by atoms with Crippen molar-refractivity contribution < 1.29 is 23.9 Å². The highest BCUT2D eigenvalue weighted by molar-refractivity contribution is 7.98. The third-order valence-corrected chi connectivity index (χ3v) is 5.95. The van der Waals surface area contributed by atoms with Crippen LogP contribution in [0.15, 0.2) is 55.1 Å². The molecule has 0 bridgehead atoms. The zero-order valence-corrected chi connectivity index (χ0v) is 23.3. The fraction of sp³-hybridized carbons (Fsp3) is 0.345. The molecule has 0 aliphatic carbocycles. The standard InChI is InChI=1S/C29H35N3O5S/c1-8-20-11-10-12-21(19-20)25(26(33)30-22-13-15-23(36-6)16-14-22)32(9-2)27(34)24(17-18-38-7)31-28(35)37-29(3,4)5/h2,8,10-16,19,24-25H,1,17-18H2,3-7H3,(H,30,33)(H,31,35). The molecule has 0 aliphatic rings. The number of rotatable bonds is 11. The second-order valence-corrected chi connectivity index (χ2v) is 10.3. The first-order valence-corrected chi connectivity index (χ1v) is 13.4. The molecule has 38 heavy (non-hydrogen) atoms. The van der Waals surface area contributed by atoms with Gasteiger partial charge in [0, 0.05) is 11.7 Å². The number of benzene rings is 2. The monoisotopic (exact) mass is 537 g/mol. The van der Waals surface area contributed by atoms with E-state index in [2.05, 4.69) is 23.3 Å². The van der Waals surface area contributed by atoms with Crippen LogP contribution < -0.4 is 15.4 Å². The predicted molar refractivity (Wildman–Crippen MR) is 153 cm³/mol. The molecule has 0 aromatic heterocycles. The third kappa shape index (κ3) is 8.89. The van der Waals surface area contributed by atoms with Crippen LogP contribution in [0, 0.1) is 12.5 Å². The fourth-order valence-electron chi connectivity index (χ4n) is 3.53. The number of hydrogen-bond acceptors (Lipinski definition) is 6. The zero-order chi connectivity index (χ0) is 28.3. The molecule has 2 rings (SSSR count). The first-order valence-electron chi connectivity index (χ1n) is 12.0. The summed E-state index contributed by atoms with van der Waals surface area (Å²) in [6.45, 7) is 8.97. The number of nitrogens with zero attached hydrogens (tertiary/aromatic N) is 1. The van der Waals surface area contributed by atoms with Gasteiger partial charge in [0.15, 0.2) is 0 Å². The maximum atomic E-state index is 13.8. The molecule has 8 nitrogen and oxygen atoms in total. The SMILES string of the molecule is C#CN(C(=O)C(CCSC)NC(=O)OC(C)(C)C)C(C(=O)Nc1ccc(OC)cc1)c1cccc(C=C)c1. The van der Waals surface area contributed by atoms with Gasteiger partial charge in [-0.05, 0) is 80.7 Å². The van der Waals surface area contributed by atoms with Crippen LogP contribution in [0.5, 0.6) is 5.75 Å². The van der Waals surface area contributed by atoms with Gasteiger partial charge in [-0.1, -0.05) is 37.3 Å². The van der Waals surface area contributed by atoms with E-state index in [1.165, 1.54) is 11.8 Å². The summed E-state index contributed by atoms with van der Waals surface area (Å²) in [5.41, 5.74) is 0.978. The van der Waals surface area contributed by atoms with Gasteiger partial charge >= 0.3 is 6.09 Å². The largest absolute Gasteiger partial charge is 0.497 e. The van der Waals surface area contributed by atoms with Gasteiger partial charge in [0.1, 0.15) is 23.4 Å². The highest BCUT2D eigenvalue weighted by Gasteiger charge is 2.36. The summed E-state index contributed by atoms with van der Waals surface area (Å²) in [5, 5.41) is 5.46. The molecule has 2 atom stereocenters. The van der Waals surface area contributed by atoms with E-state index in [9.17, 15) is 14.4 Å². The average molecular weight is 538 g/mol. The molecule has 0 fully saturated rings. The maximum absolute atomic E-state index is 13.8. The molecule has 2 unspecified atom stereocenters. The van der Waals surface area contributed by atoms with E-state index >= 15 is 0 Å². The molecule has 2 N–H and O–H groups in total. The van der Waals surface area contributed by atoms with Gasteiger partial charge < -0.3 is 20.1 Å². The molecule has 0 saturated carbocycles. The van der Waals surface area contributed by atoms with Crippen LogP contribution in [-0.2, 0) is 14.3 Å². The van der Waals surface area contributed by atoms with Crippen molar-refractivity contribution in [1.29, 1.82) is 0 Å². The second kappa shape index (κ2) is 14.1. The van der Waals surface area contributed by atoms with Gasteiger partial charge in [0.05, 0.1) is 7.11 Å². The normalized spacial score (nSPS) is 12.3. The molecule has 9 heteroatoms. The lowest BCUT2D eigenvalue weighted by molar-refractivity contribution is -0.136. The van der Waals surface area contributed by atoms with Gasteiger partial charge in [-0.25, -0.2) is 4.79 Å². The van der Waals surface area contributed by atoms with Crippen molar-refractivity contribution in [2.45, 2.75) is 44.9 Å². The van der Waals surface area contributed by atoms with Crippen molar-refractivity contribution in [1.82, 2.24) is 10.2 Å². The van der Waals surface area contributed by atoms with E-state index in [1.54, 1.807) is 76.4 Å². The van der Waals surface area contributed by atoms with Crippen molar-refractivity contribution in [3.63, 3.8) is 0 Å². The van der Waals surface area contributed by atoms with Crippen LogP contribution in [0.2, 0.25) is 0 Å². The van der Waals surface area contributed by atoms with E-state index < -0.39 is 35.6 Å². The smallest absolute Gasteiger partial charge is 0.408 e. The number of thioether (sulfide) groups is 1. The maximum Gasteiger partial charge on any atom is 0.408 e. The first-order chi connectivity index (χ1) is 18.0. The Morgan fingerprint density at radius 1 is 1.18 bits per heavy atom. The Balaban J connectivity index is 2.46. The predicted octanol–water partition coefficient (Wildman–Crippen LogP) is 5.08. The van der Waals surface area contributed by atoms with E-state index in [-0.39, 0.29) is 6.42 Å². The summed E-state index contributed by atoms with van der Waals surface area (Å²) in [6.07, 6.45) is 8.90. The molecule has 0 saturated heterocycles. The fourth-order valence-corrected chi connectivity index (χ4v) is 4.01. The third-order valence-electron chi connectivity index (χ3n) is 5.30. The number of terminal acetylenes is 1. The molecule has 2 aromatic rings. The van der Waals surface area contributed by atoms with Crippen molar-refractivity contribution in [2.75, 3.05) is 24.4 Å². The van der Waals surface area contributed by atoms with E-state index in [0.29, 0.717) is 22.8 Å². The lowest BCUT2D eigenvalue weighted by atomic mass is 10.0. The number of nitrogens with one attached hydrogen (secondary N) is 2. The summed E-state index contributed by atoms with van der Waals surface area (Å²) in [4.78, 5) is 41.0. The number of methoxy groups -OCH3 is 1. The van der Waals surface area contributed by atoms with Gasteiger partial charge in [-0.3, -0.25) is 14.5 Å². The number of carbonyl (C=O) groups excluding carboxylic acids is 3. The van der Waals surface area contributed by atoms with Crippen molar-refractivity contribution in [3.05, 3.63) is 66.2 Å². The van der Waals surface area contributed by atoms with Crippen molar-refractivity contribution >= 4 is 41.4 Å². The second-order valence-electron chi connectivity index (χ2n) is 9.31. The van der Waals surface area contributed by atoms with Gasteiger partial charge in [0.2, 0.25) is 0 Å². The zero-order valence-electron chi connectivity index (χ0n) is 22.4. The van der Waals surface area contributed by atoms with Crippen LogP contribution in [-0.4, -0.2) is 53.6 Å². The van der Waals surface area contributed by atoms with Gasteiger partial charge in [-0.15, -0.1) is 0 Å². The minimum atomic E-state index is -1.19. The molecule has 0 radical (unpaired) electrons. The Hall–Kier alpha value is -3.90. The van der Waals surface area contributed by atoms with Crippen LogP contribution in [0.4, 0.5) is 10.5 Å². The number of hydrogen-bond donors (Lipinski definition) is 2. The number of carbonyl (C=O) groups is 3. The Labute approximate surface area is 229 Å². The summed E-state index contributed by atoms with van der Waals surface area (Å²) in [7, 11) is 1.55. The Kier molecular flexibility index (Phi) is 11.3.